The molecule has 0 amide bonds. The number of rotatable bonds is 9. The largest absolute Gasteiger partial charge is 0.457 e. The highest BCUT2D eigenvalue weighted by molar-refractivity contribution is 8.13. The summed E-state index contributed by atoms with van der Waals surface area (Å²) in [7, 11) is 0. The molecule has 0 saturated carbocycles. The van der Waals surface area contributed by atoms with Crippen LogP contribution >= 0.6 is 23.5 Å². The highest BCUT2D eigenvalue weighted by Gasteiger charge is 2.34. The standard InChI is InChI=1S/C30H30N4O2.C12H22O4S2/c1-7-18-15(4)22-10-21-14(3)9-25(31-21)20-13-36-30(35)28-17(6)24(34-29(20)28)12-27-19(8-2)16(5)23(33-27)11-26(18)32-22;1-2-11(15)17-4-3-5-18-12-7-9(14)6-10(8-13)16-12/h7,10-12,14,32-33H,1,8-9,13H2,2-6H3;9-10,12-14H,2-8H2,1H3. The summed E-state index contributed by atoms with van der Waals surface area (Å²) < 4.78 is 11.2. The molecule has 1 saturated heterocycles. The Kier molecular flexibility index (Phi) is 12.9. The molecule has 12 heteroatoms. The van der Waals surface area contributed by atoms with Crippen LogP contribution in [0.1, 0.15) is 110 Å². The molecular weight excluding hydrogens is 721 g/mol. The number of fused-ring (bicyclic) bond motifs is 8. The van der Waals surface area contributed by atoms with Crippen LogP contribution in [0.3, 0.4) is 0 Å². The quantitative estimate of drug-likeness (QED) is 0.124. The second-order valence-corrected chi connectivity index (χ2v) is 16.7. The van der Waals surface area contributed by atoms with Gasteiger partial charge in [0.1, 0.15) is 12.0 Å². The van der Waals surface area contributed by atoms with E-state index in [0.717, 1.165) is 97.9 Å². The minimum atomic E-state index is -0.371. The molecule has 4 aliphatic rings. The number of thioether (sulfide) groups is 2. The van der Waals surface area contributed by atoms with Crippen LogP contribution in [-0.4, -0.2) is 77.0 Å². The van der Waals surface area contributed by atoms with E-state index < -0.39 is 0 Å². The van der Waals surface area contributed by atoms with Gasteiger partial charge in [0.05, 0.1) is 41.5 Å². The van der Waals surface area contributed by atoms with Gasteiger partial charge in [-0.05, 0) is 86.2 Å². The topological polar surface area (TPSA) is 150 Å². The lowest BCUT2D eigenvalue weighted by Gasteiger charge is -2.31. The average molecular weight is 773 g/mol. The van der Waals surface area contributed by atoms with E-state index in [1.165, 1.54) is 22.9 Å². The Morgan fingerprint density at radius 3 is 2.52 bits per heavy atom. The third-order valence-electron chi connectivity index (χ3n) is 10.6. The number of aromatic nitrogens is 4. The summed E-state index contributed by atoms with van der Waals surface area (Å²) in [5.41, 5.74) is 14.6. The molecule has 54 heavy (non-hydrogen) atoms. The SMILES string of the molecule is C=Cc1c(C)c2cc3nc(c4c5nc(cc6[nH]c(cc1[nH]2)c(C)c6CC)C(C)=C5C(=O)OC4)CC3C.CCC(=O)SCCCSC1CC(O)CC(CO)O1. The van der Waals surface area contributed by atoms with Gasteiger partial charge in [0.25, 0.3) is 0 Å². The fourth-order valence-corrected chi connectivity index (χ4v) is 9.55. The molecule has 0 aromatic carbocycles. The van der Waals surface area contributed by atoms with Crippen molar-refractivity contribution >= 4 is 73.9 Å². The van der Waals surface area contributed by atoms with E-state index in [9.17, 15) is 14.7 Å². The second kappa shape index (κ2) is 17.4. The van der Waals surface area contributed by atoms with Crippen molar-refractivity contribution in [3.05, 3.63) is 75.4 Å². The summed E-state index contributed by atoms with van der Waals surface area (Å²) in [6.07, 6.45) is 5.68. The van der Waals surface area contributed by atoms with E-state index in [1.807, 2.05) is 19.9 Å². The van der Waals surface area contributed by atoms with Crippen LogP contribution in [0, 0.1) is 13.8 Å². The van der Waals surface area contributed by atoms with Gasteiger partial charge in [0.2, 0.25) is 0 Å². The fourth-order valence-electron chi connectivity index (χ4n) is 7.48. The van der Waals surface area contributed by atoms with Crippen molar-refractivity contribution in [3.8, 4) is 0 Å². The number of hydrogen-bond donors (Lipinski definition) is 4. The highest BCUT2D eigenvalue weighted by Crippen LogP contribution is 2.39. The number of aliphatic hydroxyl groups excluding tert-OH is 2. The monoisotopic (exact) mass is 772 g/mol. The van der Waals surface area contributed by atoms with Gasteiger partial charge < -0.3 is 29.7 Å². The molecule has 4 N–H and O–H groups in total. The molecule has 0 aliphatic carbocycles. The molecule has 3 aromatic heterocycles. The summed E-state index contributed by atoms with van der Waals surface area (Å²) in [6.45, 7) is 16.7. The summed E-state index contributed by atoms with van der Waals surface area (Å²) in [5.74, 6) is 1.70. The highest BCUT2D eigenvalue weighted by atomic mass is 32.2. The minimum absolute atomic E-state index is 0.0298. The zero-order valence-electron chi connectivity index (χ0n) is 32.1. The number of ether oxygens (including phenoxy) is 2. The zero-order valence-corrected chi connectivity index (χ0v) is 33.8. The van der Waals surface area contributed by atoms with Gasteiger partial charge in [-0.25, -0.2) is 9.78 Å². The third-order valence-corrected chi connectivity index (χ3v) is 12.9. The van der Waals surface area contributed by atoms with Gasteiger partial charge in [-0.1, -0.05) is 45.2 Å². The predicted octanol–water partition coefficient (Wildman–Crippen LogP) is 8.11. The Hall–Kier alpha value is -3.68. The number of nitrogens with zero attached hydrogens (tertiary/aromatic N) is 2. The van der Waals surface area contributed by atoms with Gasteiger partial charge in [0.15, 0.2) is 5.12 Å². The Balaban J connectivity index is 0.000000234. The van der Waals surface area contributed by atoms with Crippen LogP contribution in [0.25, 0.3) is 39.3 Å². The first-order chi connectivity index (χ1) is 26.0. The maximum absolute atomic E-state index is 12.8. The van der Waals surface area contributed by atoms with Crippen molar-refractivity contribution in [2.24, 2.45) is 0 Å². The number of allylic oxidation sites excluding steroid dienone is 1. The maximum Gasteiger partial charge on any atom is 0.341 e. The van der Waals surface area contributed by atoms with Crippen molar-refractivity contribution in [3.63, 3.8) is 0 Å². The van der Waals surface area contributed by atoms with Gasteiger partial charge in [-0.2, -0.15) is 0 Å². The van der Waals surface area contributed by atoms with Crippen molar-refractivity contribution in [1.29, 1.82) is 0 Å². The number of cyclic esters (lactones) is 1. The first-order valence-corrected chi connectivity index (χ1v) is 21.0. The van der Waals surface area contributed by atoms with Crippen molar-refractivity contribution in [2.75, 3.05) is 18.1 Å². The third kappa shape index (κ3) is 8.43. The molecule has 10 nitrogen and oxygen atoms in total. The molecule has 1 fully saturated rings. The molecule has 0 radical (unpaired) electrons. The summed E-state index contributed by atoms with van der Waals surface area (Å²) >= 11 is 3.05. The first kappa shape index (κ1) is 40.0. The molecular formula is C42H52N4O6S2. The van der Waals surface area contributed by atoms with E-state index in [4.69, 9.17) is 24.5 Å². The summed E-state index contributed by atoms with van der Waals surface area (Å²) in [5, 5.41) is 18.9. The maximum atomic E-state index is 12.8. The van der Waals surface area contributed by atoms with Crippen LogP contribution in [0.4, 0.5) is 0 Å². The van der Waals surface area contributed by atoms with E-state index in [1.54, 1.807) is 11.8 Å². The average Bonchev–Trinajstić information content (AvgIpc) is 3.86. The molecule has 4 unspecified atom stereocenters. The first-order valence-electron chi connectivity index (χ1n) is 18.9. The predicted molar refractivity (Wildman–Crippen MR) is 220 cm³/mol. The van der Waals surface area contributed by atoms with Gasteiger partial charge in [-0.3, -0.25) is 9.78 Å². The lowest BCUT2D eigenvalue weighted by Crippen LogP contribution is -2.36. The molecule has 0 spiro atoms. The second-order valence-electron chi connectivity index (χ2n) is 14.3. The van der Waals surface area contributed by atoms with Gasteiger partial charge in [-0.15, -0.1) is 11.8 Å². The molecule has 4 aliphatic heterocycles. The van der Waals surface area contributed by atoms with Gasteiger partial charge >= 0.3 is 5.97 Å². The van der Waals surface area contributed by atoms with Gasteiger partial charge in [0, 0.05) is 69.8 Å². The Morgan fingerprint density at radius 1 is 1.04 bits per heavy atom. The number of esters is 1. The summed E-state index contributed by atoms with van der Waals surface area (Å²) in [4.78, 5) is 41.1. The Morgan fingerprint density at radius 2 is 1.80 bits per heavy atom. The van der Waals surface area contributed by atoms with Crippen LogP contribution in [0.5, 0.6) is 0 Å². The smallest absolute Gasteiger partial charge is 0.341 e. The van der Waals surface area contributed by atoms with Crippen LogP contribution < -0.4 is 0 Å². The molecule has 288 valence electrons. The van der Waals surface area contributed by atoms with E-state index >= 15 is 0 Å². The Bertz CT molecular complexity index is 2140. The fraction of sp³-hybridized carbons (Fsp3) is 0.476. The lowest BCUT2D eigenvalue weighted by molar-refractivity contribution is -0.138. The zero-order chi connectivity index (χ0) is 38.7. The molecule has 3 aromatic rings. The number of carbonyl (C=O) groups excluding carboxylic acids is 2. The molecule has 7 rings (SSSR count). The number of aryl methyl sites for hydroxylation is 3. The number of carbonyl (C=O) groups is 2. The number of aromatic amines is 2. The van der Waals surface area contributed by atoms with E-state index in [-0.39, 0.29) is 47.9 Å². The van der Waals surface area contributed by atoms with Crippen LogP contribution in [0.15, 0.2) is 24.8 Å². The summed E-state index contributed by atoms with van der Waals surface area (Å²) in [6, 6.07) is 6.38. The number of aliphatic hydroxyl groups is 2. The number of H-pyrrole nitrogens is 2. The lowest BCUT2D eigenvalue weighted by atomic mass is 9.97. The molecule has 7 heterocycles. The Labute approximate surface area is 325 Å². The minimum Gasteiger partial charge on any atom is -0.457 e. The van der Waals surface area contributed by atoms with Crippen molar-refractivity contribution in [1.82, 2.24) is 19.9 Å². The van der Waals surface area contributed by atoms with E-state index in [2.05, 4.69) is 62.4 Å². The number of hydrogen-bond acceptors (Lipinski definition) is 10. The number of nitrogens with one attached hydrogen (secondary N) is 2. The van der Waals surface area contributed by atoms with Crippen molar-refractivity contribution in [2.45, 2.75) is 110 Å². The normalized spacial score (nSPS) is 20.7. The molecule has 4 atom stereocenters. The molecule has 8 bridgehead atoms. The van der Waals surface area contributed by atoms with Crippen LogP contribution in [-0.2, 0) is 38.5 Å². The van der Waals surface area contributed by atoms with Crippen LogP contribution in [0.2, 0.25) is 0 Å². The van der Waals surface area contributed by atoms with E-state index in [0.29, 0.717) is 24.8 Å². The van der Waals surface area contributed by atoms with Crippen molar-refractivity contribution < 1.29 is 29.3 Å².